The Labute approximate surface area is 191 Å². The lowest BCUT2D eigenvalue weighted by molar-refractivity contribution is -0.125. The highest BCUT2D eigenvalue weighted by atomic mass is 32.2. The fraction of sp³-hybridized carbons (Fsp3) is 0.231. The topological polar surface area (TPSA) is 49.4 Å². The van der Waals surface area contributed by atoms with Crippen LogP contribution in [-0.4, -0.2) is 28.5 Å². The second-order valence-corrected chi connectivity index (χ2v) is 9.09. The van der Waals surface area contributed by atoms with Gasteiger partial charge in [-0.1, -0.05) is 60.2 Å². The van der Waals surface area contributed by atoms with Crippen LogP contribution >= 0.6 is 11.8 Å². The third-order valence-electron chi connectivity index (χ3n) is 5.65. The average Bonchev–Trinajstić information content (AvgIpc) is 3.25. The van der Waals surface area contributed by atoms with E-state index in [-0.39, 0.29) is 29.0 Å². The molecule has 0 spiro atoms. The quantitative estimate of drug-likeness (QED) is 0.579. The van der Waals surface area contributed by atoms with Gasteiger partial charge in [0.15, 0.2) is 0 Å². The Kier molecular flexibility index (Phi) is 6.61. The first-order chi connectivity index (χ1) is 15.4. The Morgan fingerprint density at radius 3 is 2.31 bits per heavy atom. The zero-order chi connectivity index (χ0) is 22.7. The Morgan fingerprint density at radius 2 is 1.66 bits per heavy atom. The molecule has 3 aromatic rings. The van der Waals surface area contributed by atoms with Crippen molar-refractivity contribution in [3.8, 4) is 0 Å². The number of aryl methyl sites for hydroxylation is 1. The van der Waals surface area contributed by atoms with Crippen LogP contribution in [0.4, 0.5) is 4.39 Å². The number of carbonyl (C=O) groups excluding carboxylic acids is 2. The second kappa shape index (κ2) is 9.57. The maximum absolute atomic E-state index is 13.5. The molecule has 0 radical (unpaired) electrons. The number of thioether (sulfide) groups is 1. The minimum absolute atomic E-state index is 0.185. The van der Waals surface area contributed by atoms with Crippen LogP contribution < -0.4 is 5.32 Å². The van der Waals surface area contributed by atoms with Crippen molar-refractivity contribution in [1.82, 2.24) is 10.2 Å². The summed E-state index contributed by atoms with van der Waals surface area (Å²) in [5, 5.41) is 2.69. The molecule has 164 valence electrons. The molecule has 1 N–H and O–H groups in total. The molecule has 1 aliphatic heterocycles. The van der Waals surface area contributed by atoms with E-state index in [2.05, 4.69) is 5.32 Å². The van der Waals surface area contributed by atoms with E-state index in [0.717, 1.165) is 16.7 Å². The Morgan fingerprint density at radius 1 is 1.00 bits per heavy atom. The molecule has 4 nitrogen and oxygen atoms in total. The van der Waals surface area contributed by atoms with Crippen molar-refractivity contribution >= 4 is 23.6 Å². The normalized spacial score (nSPS) is 18.9. The number of hydrogen-bond acceptors (Lipinski definition) is 3. The smallest absolute Gasteiger partial charge is 0.255 e. The van der Waals surface area contributed by atoms with Gasteiger partial charge < -0.3 is 10.2 Å². The maximum Gasteiger partial charge on any atom is 0.255 e. The molecule has 3 aromatic carbocycles. The van der Waals surface area contributed by atoms with Gasteiger partial charge in [-0.25, -0.2) is 4.39 Å². The summed E-state index contributed by atoms with van der Waals surface area (Å²) in [6, 6.07) is 22.4. The summed E-state index contributed by atoms with van der Waals surface area (Å²) in [6.45, 7) is 3.89. The lowest BCUT2D eigenvalue weighted by atomic mass is 10.1. The molecule has 1 aliphatic rings. The summed E-state index contributed by atoms with van der Waals surface area (Å²) in [6.07, 6.45) is 0. The van der Waals surface area contributed by atoms with Gasteiger partial charge in [0.25, 0.3) is 5.91 Å². The number of nitrogens with zero attached hydrogens (tertiary/aromatic N) is 1. The zero-order valence-corrected chi connectivity index (χ0v) is 18.8. The maximum atomic E-state index is 13.5. The van der Waals surface area contributed by atoms with E-state index in [1.807, 2.05) is 56.3 Å². The fourth-order valence-electron chi connectivity index (χ4n) is 3.82. The van der Waals surface area contributed by atoms with Crippen LogP contribution in [0.1, 0.15) is 45.4 Å². The van der Waals surface area contributed by atoms with E-state index < -0.39 is 6.04 Å². The first kappa shape index (κ1) is 22.1. The van der Waals surface area contributed by atoms with E-state index >= 15 is 0 Å². The van der Waals surface area contributed by atoms with E-state index in [1.165, 1.54) is 23.9 Å². The van der Waals surface area contributed by atoms with E-state index in [4.69, 9.17) is 0 Å². The molecule has 1 saturated heterocycles. The first-order valence-electron chi connectivity index (χ1n) is 10.6. The molecule has 1 fully saturated rings. The molecule has 4 rings (SSSR count). The minimum atomic E-state index is -0.630. The van der Waals surface area contributed by atoms with Crippen LogP contribution in [-0.2, 0) is 4.79 Å². The predicted octanol–water partition coefficient (Wildman–Crippen LogP) is 5.27. The summed E-state index contributed by atoms with van der Waals surface area (Å²) >= 11 is 1.52. The number of halogens is 1. The van der Waals surface area contributed by atoms with Crippen molar-refractivity contribution in [2.24, 2.45) is 0 Å². The van der Waals surface area contributed by atoms with Gasteiger partial charge in [0.05, 0.1) is 6.04 Å². The first-order valence-corrected chi connectivity index (χ1v) is 11.6. The lowest BCUT2D eigenvalue weighted by Crippen LogP contribution is -2.48. The van der Waals surface area contributed by atoms with Gasteiger partial charge in [-0.3, -0.25) is 9.59 Å². The fourth-order valence-corrected chi connectivity index (χ4v) is 5.25. The molecule has 0 aliphatic carbocycles. The molecule has 3 atom stereocenters. The van der Waals surface area contributed by atoms with Gasteiger partial charge in [0.2, 0.25) is 5.91 Å². The second-order valence-electron chi connectivity index (χ2n) is 7.97. The predicted molar refractivity (Wildman–Crippen MR) is 126 cm³/mol. The molecule has 1 heterocycles. The van der Waals surface area contributed by atoms with Gasteiger partial charge in [0, 0.05) is 11.3 Å². The van der Waals surface area contributed by atoms with Crippen molar-refractivity contribution in [3.63, 3.8) is 0 Å². The lowest BCUT2D eigenvalue weighted by Gasteiger charge is -2.30. The molecule has 0 bridgehead atoms. The van der Waals surface area contributed by atoms with Crippen molar-refractivity contribution in [2.45, 2.75) is 31.3 Å². The highest BCUT2D eigenvalue weighted by Gasteiger charge is 2.42. The van der Waals surface area contributed by atoms with Crippen LogP contribution in [0.2, 0.25) is 0 Å². The van der Waals surface area contributed by atoms with Crippen molar-refractivity contribution < 1.29 is 14.0 Å². The van der Waals surface area contributed by atoms with Crippen LogP contribution in [0.5, 0.6) is 0 Å². The van der Waals surface area contributed by atoms with Crippen LogP contribution in [0.25, 0.3) is 0 Å². The number of carbonyl (C=O) groups is 2. The number of amides is 2. The van der Waals surface area contributed by atoms with Crippen LogP contribution in [0.15, 0.2) is 78.9 Å². The van der Waals surface area contributed by atoms with Gasteiger partial charge in [0.1, 0.15) is 17.2 Å². The van der Waals surface area contributed by atoms with Crippen LogP contribution in [0.3, 0.4) is 0 Å². The molecule has 2 amide bonds. The number of hydrogen-bond donors (Lipinski definition) is 1. The standard InChI is InChI=1S/C26H25FN2O2S/c1-17-8-10-20(11-9-17)25(31)29-23(16-32-26(29)21-12-14-22(27)15-13-21)24(30)28-18(2)19-6-4-3-5-7-19/h3-15,18,23,26H,16H2,1-2H3,(H,28,30). The average molecular weight is 449 g/mol. The van der Waals surface area contributed by atoms with Gasteiger partial charge in [-0.05, 0) is 49.2 Å². The summed E-state index contributed by atoms with van der Waals surface area (Å²) in [4.78, 5) is 28.5. The van der Waals surface area contributed by atoms with Crippen molar-refractivity contribution in [3.05, 3.63) is 107 Å². The summed E-state index contributed by atoms with van der Waals surface area (Å²) in [7, 11) is 0. The van der Waals surface area contributed by atoms with Crippen molar-refractivity contribution in [2.75, 3.05) is 5.75 Å². The van der Waals surface area contributed by atoms with Gasteiger partial charge in [-0.2, -0.15) is 0 Å². The van der Waals surface area contributed by atoms with Crippen molar-refractivity contribution in [1.29, 1.82) is 0 Å². The number of nitrogens with one attached hydrogen (secondary N) is 1. The number of rotatable bonds is 5. The van der Waals surface area contributed by atoms with E-state index in [9.17, 15) is 14.0 Å². The van der Waals surface area contributed by atoms with Gasteiger partial charge in [-0.15, -0.1) is 11.8 Å². The monoisotopic (exact) mass is 448 g/mol. The summed E-state index contributed by atoms with van der Waals surface area (Å²) in [5.74, 6) is -0.276. The molecule has 3 unspecified atom stereocenters. The zero-order valence-electron chi connectivity index (χ0n) is 18.0. The Hall–Kier alpha value is -3.12. The highest BCUT2D eigenvalue weighted by molar-refractivity contribution is 7.99. The molecule has 0 saturated carbocycles. The highest BCUT2D eigenvalue weighted by Crippen LogP contribution is 2.42. The molecular weight excluding hydrogens is 423 g/mol. The Balaban J connectivity index is 1.62. The SMILES string of the molecule is Cc1ccc(C(=O)N2C(C(=O)NC(C)c3ccccc3)CSC2c2ccc(F)cc2)cc1. The van der Waals surface area contributed by atoms with Gasteiger partial charge >= 0.3 is 0 Å². The molecular formula is C26H25FN2O2S. The minimum Gasteiger partial charge on any atom is -0.348 e. The molecule has 0 aromatic heterocycles. The van der Waals surface area contributed by atoms with E-state index in [1.54, 1.807) is 29.2 Å². The largest absolute Gasteiger partial charge is 0.348 e. The molecule has 6 heteroatoms. The summed E-state index contributed by atoms with van der Waals surface area (Å²) in [5.41, 5.74) is 3.37. The van der Waals surface area contributed by atoms with Crippen LogP contribution in [0, 0.1) is 12.7 Å². The third-order valence-corrected chi connectivity index (χ3v) is 6.97. The number of benzene rings is 3. The molecule has 32 heavy (non-hydrogen) atoms. The summed E-state index contributed by atoms with van der Waals surface area (Å²) < 4.78 is 13.5. The Bertz CT molecular complexity index is 1090. The third kappa shape index (κ3) is 4.70. The van der Waals surface area contributed by atoms with E-state index in [0.29, 0.717) is 11.3 Å².